The van der Waals surface area contributed by atoms with E-state index in [2.05, 4.69) is 5.32 Å². The molecule has 94 valence electrons. The molecule has 2 N–H and O–H groups in total. The third-order valence-corrected chi connectivity index (χ3v) is 3.15. The van der Waals surface area contributed by atoms with Crippen LogP contribution in [0.5, 0.6) is 0 Å². The molecule has 4 nitrogen and oxygen atoms in total. The normalized spacial score (nSPS) is 10.3. The van der Waals surface area contributed by atoms with Crippen molar-refractivity contribution in [3.05, 3.63) is 51.2 Å². The zero-order valence-electron chi connectivity index (χ0n) is 9.11. The van der Waals surface area contributed by atoms with Crippen molar-refractivity contribution in [2.24, 2.45) is 0 Å². The van der Waals surface area contributed by atoms with Crippen LogP contribution in [0.4, 0.5) is 10.1 Å². The molecule has 1 heterocycles. The molecule has 0 atom stereocenters. The molecule has 0 unspecified atom stereocenters. The lowest BCUT2D eigenvalue weighted by molar-refractivity contribution is 0.0660. The number of nitrogens with one attached hydrogen (secondary N) is 1. The summed E-state index contributed by atoms with van der Waals surface area (Å²) in [5.74, 6) is -0.984. The van der Waals surface area contributed by atoms with Crippen LogP contribution in [0.15, 0.2) is 34.7 Å². The molecule has 0 aliphatic carbocycles. The molecule has 0 aliphatic rings. The number of rotatable bonds is 4. The van der Waals surface area contributed by atoms with E-state index in [-0.39, 0.29) is 11.6 Å². The molecule has 6 heteroatoms. The Morgan fingerprint density at radius 3 is 2.78 bits per heavy atom. The molecule has 1 aromatic heterocycles. The van der Waals surface area contributed by atoms with Gasteiger partial charge < -0.3 is 14.8 Å². The Bertz CT molecular complexity index is 582. The topological polar surface area (TPSA) is 62.5 Å². The number of halogens is 2. The summed E-state index contributed by atoms with van der Waals surface area (Å²) in [6, 6.07) is 7.38. The van der Waals surface area contributed by atoms with Crippen LogP contribution in [-0.2, 0) is 6.54 Å². The summed E-state index contributed by atoms with van der Waals surface area (Å²) in [5.41, 5.74) is 0.769. The van der Waals surface area contributed by atoms with Gasteiger partial charge in [-0.05, 0) is 52.9 Å². The van der Waals surface area contributed by atoms with Crippen molar-refractivity contribution in [3.8, 4) is 0 Å². The molecule has 2 aromatic rings. The van der Waals surface area contributed by atoms with E-state index in [1.165, 1.54) is 18.2 Å². The second kappa shape index (κ2) is 5.38. The van der Waals surface area contributed by atoms with E-state index < -0.39 is 5.97 Å². The van der Waals surface area contributed by atoms with Gasteiger partial charge in [-0.2, -0.15) is 0 Å². The number of carboxylic acid groups (broad SMARTS) is 1. The summed E-state index contributed by atoms with van der Waals surface area (Å²) in [7, 11) is 0. The number of hydrogen-bond acceptors (Lipinski definition) is 3. The smallest absolute Gasteiger partial charge is 0.371 e. The largest absolute Gasteiger partial charge is 0.475 e. The van der Waals surface area contributed by atoms with Gasteiger partial charge in [0, 0.05) is 9.26 Å². The maximum Gasteiger partial charge on any atom is 0.371 e. The van der Waals surface area contributed by atoms with Gasteiger partial charge in [-0.15, -0.1) is 0 Å². The Kier molecular flexibility index (Phi) is 3.85. The van der Waals surface area contributed by atoms with Crippen molar-refractivity contribution >= 4 is 34.2 Å². The number of hydrogen-bond donors (Lipinski definition) is 2. The molecule has 0 aliphatic heterocycles. The lowest BCUT2D eigenvalue weighted by atomic mass is 10.3. The van der Waals surface area contributed by atoms with Gasteiger partial charge in [0.05, 0.1) is 6.54 Å². The number of furan rings is 1. The van der Waals surface area contributed by atoms with Crippen molar-refractivity contribution in [1.82, 2.24) is 0 Å². The van der Waals surface area contributed by atoms with Crippen molar-refractivity contribution in [2.45, 2.75) is 6.54 Å². The van der Waals surface area contributed by atoms with E-state index in [0.717, 1.165) is 9.26 Å². The molecule has 0 bridgehead atoms. The van der Waals surface area contributed by atoms with E-state index in [1.54, 1.807) is 12.1 Å². The monoisotopic (exact) mass is 361 g/mol. The summed E-state index contributed by atoms with van der Waals surface area (Å²) in [4.78, 5) is 10.6. The van der Waals surface area contributed by atoms with E-state index in [4.69, 9.17) is 9.52 Å². The Balaban J connectivity index is 2.04. The SMILES string of the molecule is O=C(O)c1ccc(CNc2ccc(F)cc2I)o1. The van der Waals surface area contributed by atoms with Gasteiger partial charge in [0.1, 0.15) is 11.6 Å². The molecule has 0 spiro atoms. The fraction of sp³-hybridized carbons (Fsp3) is 0.0833. The first-order valence-electron chi connectivity index (χ1n) is 5.07. The molecule has 0 amide bonds. The van der Waals surface area contributed by atoms with Crippen LogP contribution in [0.3, 0.4) is 0 Å². The highest BCUT2D eigenvalue weighted by molar-refractivity contribution is 14.1. The molecular formula is C12H9FINO3. The highest BCUT2D eigenvalue weighted by atomic mass is 127. The third-order valence-electron chi connectivity index (χ3n) is 2.26. The van der Waals surface area contributed by atoms with Gasteiger partial charge in [-0.25, -0.2) is 9.18 Å². The fourth-order valence-corrected chi connectivity index (χ4v) is 2.07. The van der Waals surface area contributed by atoms with Crippen molar-refractivity contribution in [3.63, 3.8) is 0 Å². The van der Waals surface area contributed by atoms with Gasteiger partial charge in [-0.1, -0.05) is 0 Å². The van der Waals surface area contributed by atoms with E-state index in [0.29, 0.717) is 12.3 Å². The second-order valence-electron chi connectivity index (χ2n) is 3.55. The van der Waals surface area contributed by atoms with E-state index in [1.807, 2.05) is 22.6 Å². The Labute approximate surface area is 116 Å². The Hall–Kier alpha value is -1.57. The van der Waals surface area contributed by atoms with Gasteiger partial charge >= 0.3 is 5.97 Å². The lowest BCUT2D eigenvalue weighted by Gasteiger charge is -2.06. The molecule has 0 saturated heterocycles. The minimum atomic E-state index is -1.10. The molecular weight excluding hydrogens is 352 g/mol. The number of carbonyl (C=O) groups is 1. The predicted molar refractivity (Wildman–Crippen MR) is 72.1 cm³/mol. The fourth-order valence-electron chi connectivity index (χ4n) is 1.40. The standard InChI is InChI=1S/C12H9FINO3/c13-7-1-3-10(9(14)5-7)15-6-8-2-4-11(18-8)12(16)17/h1-5,15H,6H2,(H,16,17). The van der Waals surface area contributed by atoms with Crippen molar-refractivity contribution < 1.29 is 18.7 Å². The highest BCUT2D eigenvalue weighted by Gasteiger charge is 2.09. The zero-order chi connectivity index (χ0) is 13.1. The van der Waals surface area contributed by atoms with Gasteiger partial charge in [-0.3, -0.25) is 0 Å². The third kappa shape index (κ3) is 3.00. The van der Waals surface area contributed by atoms with Crippen LogP contribution in [0.25, 0.3) is 0 Å². The quantitative estimate of drug-likeness (QED) is 0.821. The number of anilines is 1. The first kappa shape index (κ1) is 12.9. The van der Waals surface area contributed by atoms with Gasteiger partial charge in [0.2, 0.25) is 5.76 Å². The summed E-state index contributed by atoms with van der Waals surface area (Å²) in [6.07, 6.45) is 0. The van der Waals surface area contributed by atoms with Crippen LogP contribution in [0.1, 0.15) is 16.3 Å². The highest BCUT2D eigenvalue weighted by Crippen LogP contribution is 2.20. The van der Waals surface area contributed by atoms with Crippen molar-refractivity contribution in [2.75, 3.05) is 5.32 Å². The first-order chi connectivity index (χ1) is 8.56. The minimum absolute atomic E-state index is 0.0967. The van der Waals surface area contributed by atoms with Crippen LogP contribution in [0.2, 0.25) is 0 Å². The molecule has 0 radical (unpaired) electrons. The number of aromatic carboxylic acids is 1. The molecule has 0 saturated carbocycles. The Morgan fingerprint density at radius 2 is 2.17 bits per heavy atom. The van der Waals surface area contributed by atoms with Crippen LogP contribution in [0, 0.1) is 9.39 Å². The maximum atomic E-state index is 12.9. The average molecular weight is 361 g/mol. The van der Waals surface area contributed by atoms with Crippen molar-refractivity contribution in [1.29, 1.82) is 0 Å². The van der Waals surface area contributed by atoms with E-state index >= 15 is 0 Å². The van der Waals surface area contributed by atoms with Crippen LogP contribution in [-0.4, -0.2) is 11.1 Å². The average Bonchev–Trinajstić information content (AvgIpc) is 2.76. The first-order valence-corrected chi connectivity index (χ1v) is 6.15. The summed E-state index contributed by atoms with van der Waals surface area (Å²) in [5, 5.41) is 11.7. The number of benzene rings is 1. The van der Waals surface area contributed by atoms with Gasteiger partial charge in [0.25, 0.3) is 0 Å². The lowest BCUT2D eigenvalue weighted by Crippen LogP contribution is -2.00. The molecule has 1 aromatic carbocycles. The van der Waals surface area contributed by atoms with E-state index in [9.17, 15) is 9.18 Å². The minimum Gasteiger partial charge on any atom is -0.475 e. The molecule has 18 heavy (non-hydrogen) atoms. The van der Waals surface area contributed by atoms with Gasteiger partial charge in [0.15, 0.2) is 0 Å². The predicted octanol–water partition coefficient (Wildman–Crippen LogP) is 3.33. The summed E-state index contributed by atoms with van der Waals surface area (Å²) >= 11 is 2.02. The second-order valence-corrected chi connectivity index (χ2v) is 4.71. The number of carboxylic acids is 1. The van der Waals surface area contributed by atoms with Crippen LogP contribution < -0.4 is 5.32 Å². The molecule has 0 fully saturated rings. The summed E-state index contributed by atoms with van der Waals surface area (Å²) < 4.78 is 18.7. The van der Waals surface area contributed by atoms with Crippen LogP contribution >= 0.6 is 22.6 Å². The maximum absolute atomic E-state index is 12.9. The molecule has 2 rings (SSSR count). The zero-order valence-corrected chi connectivity index (χ0v) is 11.3. The Morgan fingerprint density at radius 1 is 1.39 bits per heavy atom. The summed E-state index contributed by atoms with van der Waals surface area (Å²) in [6.45, 7) is 0.342.